The van der Waals surface area contributed by atoms with E-state index in [1.165, 1.54) is 6.20 Å². The van der Waals surface area contributed by atoms with E-state index < -0.39 is 29.9 Å². The number of hydrogen-bond acceptors (Lipinski definition) is 7. The summed E-state index contributed by atoms with van der Waals surface area (Å²) in [4.78, 5) is 45.7. The number of hydrogen-bond donors (Lipinski definition) is 6. The normalized spacial score (nSPS) is 12.8. The fraction of sp³-hybridized carbons (Fsp3) is 0.533. The highest BCUT2D eigenvalue weighted by molar-refractivity contribution is 5.83. The number of carbonyl (C=O) groups excluding carboxylic acids is 2. The zero-order valence-electron chi connectivity index (χ0n) is 14.7. The van der Waals surface area contributed by atoms with Gasteiger partial charge in [-0.2, -0.15) is 0 Å². The second-order valence-electron chi connectivity index (χ2n) is 5.31. The third-order valence-corrected chi connectivity index (χ3v) is 2.86. The first-order valence-corrected chi connectivity index (χ1v) is 7.65. The summed E-state index contributed by atoms with van der Waals surface area (Å²) in [5, 5.41) is 19.5. The van der Waals surface area contributed by atoms with Gasteiger partial charge in [0.1, 0.15) is 12.1 Å². The van der Waals surface area contributed by atoms with Crippen molar-refractivity contribution in [1.82, 2.24) is 5.32 Å². The maximum atomic E-state index is 11.2. The highest BCUT2D eigenvalue weighted by atomic mass is 16.4. The first kappa shape index (κ1) is 25.5. The quantitative estimate of drug-likeness (QED) is 0.235. The van der Waals surface area contributed by atoms with Crippen LogP contribution in [0.3, 0.4) is 0 Å². The lowest BCUT2D eigenvalue weighted by molar-refractivity contribution is -0.141. The first-order valence-electron chi connectivity index (χ1n) is 7.65. The van der Waals surface area contributed by atoms with Crippen LogP contribution in [0.15, 0.2) is 16.8 Å². The van der Waals surface area contributed by atoms with Gasteiger partial charge in [-0.1, -0.05) is 5.57 Å². The zero-order chi connectivity index (χ0) is 20.7. The number of carboxylic acid groups (broad SMARTS) is 2. The van der Waals surface area contributed by atoms with Crippen LogP contribution in [0.2, 0.25) is 0 Å². The Morgan fingerprint density at radius 3 is 2.15 bits per heavy atom. The minimum Gasteiger partial charge on any atom is -0.480 e. The minimum atomic E-state index is -1.11. The summed E-state index contributed by atoms with van der Waals surface area (Å²) < 4.78 is 0. The lowest BCUT2D eigenvalue weighted by Gasteiger charge is -2.14. The zero-order valence-corrected chi connectivity index (χ0v) is 14.7. The molecule has 0 heterocycles. The third-order valence-electron chi connectivity index (χ3n) is 2.86. The molecule has 0 aromatic carbocycles. The molecular weight excluding hydrogens is 346 g/mol. The van der Waals surface area contributed by atoms with Gasteiger partial charge in [0.25, 0.3) is 0 Å². The van der Waals surface area contributed by atoms with E-state index in [-0.39, 0.29) is 38.1 Å². The molecule has 0 rings (SSSR count). The van der Waals surface area contributed by atoms with Crippen molar-refractivity contribution in [1.29, 1.82) is 0 Å². The van der Waals surface area contributed by atoms with E-state index in [1.54, 1.807) is 6.92 Å². The molecule has 0 aromatic heterocycles. The molecule has 0 bridgehead atoms. The standard InChI is InChI=1S/C10H17N3O3.C5H10N2O3/c1-7(6-12-2)5-8(10(15)16)13-9(14)3-4-11;6-3(5(9)10)1-2-4(7)8/h6,8H,2-5,11H2,1H3,(H,13,14)(H,15,16);3H,1-2,6H2,(H2,7,8)(H,9,10)/b7-6+;/t8-;/m0./s1. The van der Waals surface area contributed by atoms with Gasteiger partial charge in [0.15, 0.2) is 0 Å². The van der Waals surface area contributed by atoms with Gasteiger partial charge in [-0.25, -0.2) is 4.79 Å². The monoisotopic (exact) mass is 373 g/mol. The van der Waals surface area contributed by atoms with E-state index in [0.717, 1.165) is 5.57 Å². The maximum absolute atomic E-state index is 11.2. The van der Waals surface area contributed by atoms with Crippen molar-refractivity contribution < 1.29 is 29.4 Å². The Bertz CT molecular complexity index is 535. The average molecular weight is 373 g/mol. The van der Waals surface area contributed by atoms with Gasteiger partial charge in [-0.15, -0.1) is 0 Å². The number of aliphatic carboxylic acids is 2. The van der Waals surface area contributed by atoms with Gasteiger partial charge < -0.3 is 32.7 Å². The summed E-state index contributed by atoms with van der Waals surface area (Å²) in [6.45, 7) is 5.18. The van der Waals surface area contributed by atoms with E-state index in [4.69, 9.17) is 27.4 Å². The van der Waals surface area contributed by atoms with Crippen molar-refractivity contribution >= 4 is 30.5 Å². The molecule has 11 nitrogen and oxygen atoms in total. The van der Waals surface area contributed by atoms with Crippen molar-refractivity contribution in [2.24, 2.45) is 22.2 Å². The Morgan fingerprint density at radius 1 is 1.19 bits per heavy atom. The lowest BCUT2D eigenvalue weighted by Crippen LogP contribution is -2.41. The Morgan fingerprint density at radius 2 is 1.77 bits per heavy atom. The number of primary amides is 1. The Kier molecular flexibility index (Phi) is 14.2. The molecule has 2 atom stereocenters. The second-order valence-corrected chi connectivity index (χ2v) is 5.31. The van der Waals surface area contributed by atoms with E-state index >= 15 is 0 Å². The molecule has 0 aliphatic rings. The van der Waals surface area contributed by atoms with Crippen LogP contribution in [0.4, 0.5) is 0 Å². The summed E-state index contributed by atoms with van der Waals surface area (Å²) in [7, 11) is 0. The number of amides is 2. The van der Waals surface area contributed by atoms with Crippen LogP contribution < -0.4 is 22.5 Å². The minimum absolute atomic E-state index is 0.0213. The maximum Gasteiger partial charge on any atom is 0.326 e. The topological polar surface area (TPSA) is 211 Å². The molecule has 0 aliphatic heterocycles. The smallest absolute Gasteiger partial charge is 0.326 e. The Balaban J connectivity index is 0. The van der Waals surface area contributed by atoms with E-state index in [1.807, 2.05) is 0 Å². The SMILES string of the molecule is C=N/C=C(\C)C[C@H](NC(=O)CCN)C(=O)O.NC(=O)CCC(N)C(=O)O. The summed E-state index contributed by atoms with van der Waals surface area (Å²) in [6.07, 6.45) is 1.90. The lowest BCUT2D eigenvalue weighted by atomic mass is 10.1. The molecule has 11 heteroatoms. The fourth-order valence-corrected chi connectivity index (χ4v) is 1.55. The summed E-state index contributed by atoms with van der Waals surface area (Å²) in [6, 6.07) is -1.93. The molecule has 0 fully saturated rings. The van der Waals surface area contributed by atoms with Gasteiger partial charge in [0.05, 0.1) is 0 Å². The largest absolute Gasteiger partial charge is 0.480 e. The number of nitrogens with two attached hydrogens (primary N) is 3. The molecular formula is C15H27N5O6. The van der Waals surface area contributed by atoms with Gasteiger partial charge >= 0.3 is 11.9 Å². The van der Waals surface area contributed by atoms with Crippen molar-refractivity contribution in [3.05, 3.63) is 11.8 Å². The molecule has 9 N–H and O–H groups in total. The number of rotatable bonds is 11. The van der Waals surface area contributed by atoms with Crippen LogP contribution in [0, 0.1) is 0 Å². The van der Waals surface area contributed by atoms with E-state index in [0.29, 0.717) is 0 Å². The van der Waals surface area contributed by atoms with Crippen molar-refractivity contribution in [2.75, 3.05) is 6.54 Å². The molecule has 0 saturated carbocycles. The van der Waals surface area contributed by atoms with Gasteiger partial charge in [0, 0.05) is 32.0 Å². The molecule has 2 amide bonds. The highest BCUT2D eigenvalue weighted by Gasteiger charge is 2.19. The molecule has 0 aliphatic carbocycles. The van der Waals surface area contributed by atoms with Crippen molar-refractivity contribution in [3.63, 3.8) is 0 Å². The predicted octanol–water partition coefficient (Wildman–Crippen LogP) is -1.44. The third kappa shape index (κ3) is 14.8. The molecule has 0 radical (unpaired) electrons. The molecule has 1 unspecified atom stereocenters. The van der Waals surface area contributed by atoms with Crippen LogP contribution in [-0.2, 0) is 19.2 Å². The van der Waals surface area contributed by atoms with Crippen molar-refractivity contribution in [3.8, 4) is 0 Å². The van der Waals surface area contributed by atoms with Gasteiger partial charge in [-0.3, -0.25) is 19.4 Å². The number of aliphatic imine (C=N–C) groups is 1. The summed E-state index contributed by atoms with van der Waals surface area (Å²) in [5.41, 5.74) is 15.7. The Labute approximate surface area is 151 Å². The number of carbonyl (C=O) groups is 4. The molecule has 0 aromatic rings. The van der Waals surface area contributed by atoms with Crippen LogP contribution in [0.5, 0.6) is 0 Å². The van der Waals surface area contributed by atoms with Crippen LogP contribution in [0.1, 0.15) is 32.6 Å². The molecule has 0 saturated heterocycles. The Hall–Kier alpha value is -2.79. The average Bonchev–Trinajstić information content (AvgIpc) is 2.52. The van der Waals surface area contributed by atoms with Gasteiger partial charge in [-0.05, 0) is 20.1 Å². The fourth-order valence-electron chi connectivity index (χ4n) is 1.55. The second kappa shape index (κ2) is 14.5. The first-order chi connectivity index (χ1) is 12.0. The molecule has 0 spiro atoms. The van der Waals surface area contributed by atoms with E-state index in [2.05, 4.69) is 17.0 Å². The van der Waals surface area contributed by atoms with Crippen LogP contribution in [0.25, 0.3) is 0 Å². The molecule has 148 valence electrons. The number of nitrogens with one attached hydrogen (secondary N) is 1. The summed E-state index contributed by atoms with van der Waals surface area (Å²) >= 11 is 0. The van der Waals surface area contributed by atoms with Gasteiger partial charge in [0.2, 0.25) is 11.8 Å². The van der Waals surface area contributed by atoms with Crippen molar-refractivity contribution in [2.45, 2.75) is 44.7 Å². The highest BCUT2D eigenvalue weighted by Crippen LogP contribution is 2.05. The van der Waals surface area contributed by atoms with E-state index in [9.17, 15) is 19.2 Å². The predicted molar refractivity (Wildman–Crippen MR) is 95.2 cm³/mol. The van der Waals surface area contributed by atoms with Crippen LogP contribution in [-0.4, -0.2) is 59.3 Å². The summed E-state index contributed by atoms with van der Waals surface area (Å²) in [5.74, 6) is -3.09. The number of nitrogens with zero attached hydrogens (tertiary/aromatic N) is 1. The number of carboxylic acids is 2. The molecule has 26 heavy (non-hydrogen) atoms. The van der Waals surface area contributed by atoms with Crippen LogP contribution >= 0.6 is 0 Å².